The van der Waals surface area contributed by atoms with E-state index in [0.717, 1.165) is 21.9 Å². The van der Waals surface area contributed by atoms with Crippen LogP contribution in [-0.2, 0) is 9.53 Å². The molecule has 0 unspecified atom stereocenters. The first-order valence-corrected chi connectivity index (χ1v) is 9.35. The number of amides is 1. The molecular weight excluding hydrogens is 420 g/mol. The number of anilines is 1. The third kappa shape index (κ3) is 5.59. The van der Waals surface area contributed by atoms with Gasteiger partial charge >= 0.3 is 11.9 Å². The lowest BCUT2D eigenvalue weighted by Gasteiger charge is -2.11. The van der Waals surface area contributed by atoms with Crippen LogP contribution in [0.3, 0.4) is 0 Å². The number of nitro groups is 1. The van der Waals surface area contributed by atoms with Crippen molar-refractivity contribution in [2.24, 2.45) is 0 Å². The van der Waals surface area contributed by atoms with Gasteiger partial charge in [-0.2, -0.15) is 0 Å². The van der Waals surface area contributed by atoms with Gasteiger partial charge in [0.15, 0.2) is 6.61 Å². The highest BCUT2D eigenvalue weighted by Gasteiger charge is 2.19. The van der Waals surface area contributed by atoms with Gasteiger partial charge in [0.1, 0.15) is 4.92 Å². The van der Waals surface area contributed by atoms with E-state index < -0.39 is 29.3 Å². The van der Waals surface area contributed by atoms with E-state index in [1.54, 1.807) is 24.3 Å². The second-order valence-corrected chi connectivity index (χ2v) is 7.12. The molecule has 148 valence electrons. The van der Waals surface area contributed by atoms with Gasteiger partial charge in [-0.05, 0) is 42.5 Å². The molecule has 3 aromatic rings. The fourth-order valence-electron chi connectivity index (χ4n) is 2.21. The fraction of sp³-hybridized carbons (Fsp3) is 0.0526. The summed E-state index contributed by atoms with van der Waals surface area (Å²) in [5.41, 5.74) is 0.544. The van der Waals surface area contributed by atoms with Gasteiger partial charge in [0, 0.05) is 14.8 Å². The first-order chi connectivity index (χ1) is 13.9. The molecule has 1 N–H and O–H groups in total. The Kier molecular flexibility index (Phi) is 6.53. The predicted octanol–water partition coefficient (Wildman–Crippen LogP) is 4.79. The van der Waals surface area contributed by atoms with E-state index in [4.69, 9.17) is 20.8 Å². The normalized spacial score (nSPS) is 10.4. The van der Waals surface area contributed by atoms with Crippen LogP contribution in [0, 0.1) is 10.1 Å². The van der Waals surface area contributed by atoms with Gasteiger partial charge in [-0.1, -0.05) is 35.5 Å². The van der Waals surface area contributed by atoms with Crippen LogP contribution < -0.4 is 5.32 Å². The van der Waals surface area contributed by atoms with Crippen LogP contribution in [0.25, 0.3) is 0 Å². The minimum atomic E-state index is -0.975. The molecule has 0 saturated carbocycles. The zero-order chi connectivity index (χ0) is 20.8. The Morgan fingerprint density at radius 2 is 1.83 bits per heavy atom. The molecule has 29 heavy (non-hydrogen) atoms. The van der Waals surface area contributed by atoms with E-state index in [1.165, 1.54) is 11.8 Å². The van der Waals surface area contributed by atoms with Gasteiger partial charge in [0.25, 0.3) is 5.91 Å². The molecule has 8 nitrogen and oxygen atoms in total. The van der Waals surface area contributed by atoms with Crippen molar-refractivity contribution in [3.8, 4) is 0 Å². The summed E-state index contributed by atoms with van der Waals surface area (Å²) in [4.78, 5) is 35.5. The summed E-state index contributed by atoms with van der Waals surface area (Å²) in [5, 5.41) is 13.9. The van der Waals surface area contributed by atoms with Gasteiger partial charge in [-0.3, -0.25) is 14.9 Å². The summed E-state index contributed by atoms with van der Waals surface area (Å²) >= 11 is 7.32. The highest BCUT2D eigenvalue weighted by Crippen LogP contribution is 2.33. The first-order valence-electron chi connectivity index (χ1n) is 8.16. The predicted molar refractivity (Wildman–Crippen MR) is 106 cm³/mol. The number of carbonyl (C=O) groups is 2. The number of rotatable bonds is 7. The lowest BCUT2D eigenvalue weighted by molar-refractivity contribution is -0.402. The maximum Gasteiger partial charge on any atom is 0.433 e. The molecule has 0 spiro atoms. The van der Waals surface area contributed by atoms with Crippen molar-refractivity contribution < 1.29 is 23.7 Å². The summed E-state index contributed by atoms with van der Waals surface area (Å²) in [5.74, 6) is -2.49. The highest BCUT2D eigenvalue weighted by atomic mass is 35.5. The quantitative estimate of drug-likeness (QED) is 0.324. The Labute approximate surface area is 174 Å². The number of para-hydroxylation sites is 1. The fourth-order valence-corrected chi connectivity index (χ4v) is 3.24. The summed E-state index contributed by atoms with van der Waals surface area (Å²) < 4.78 is 9.57. The molecule has 0 aliphatic rings. The van der Waals surface area contributed by atoms with Crippen molar-refractivity contribution in [3.05, 3.63) is 81.6 Å². The molecule has 1 heterocycles. The number of furan rings is 1. The number of hydrogen-bond donors (Lipinski definition) is 1. The molecule has 0 fully saturated rings. The summed E-state index contributed by atoms with van der Waals surface area (Å²) in [6, 6.07) is 16.5. The first kappa shape index (κ1) is 20.4. The third-order valence-electron chi connectivity index (χ3n) is 3.51. The Bertz CT molecular complexity index is 1050. The Morgan fingerprint density at radius 3 is 2.52 bits per heavy atom. The molecule has 1 aromatic heterocycles. The number of carbonyl (C=O) groups excluding carboxylic acids is 2. The number of halogens is 1. The van der Waals surface area contributed by atoms with E-state index in [0.29, 0.717) is 10.7 Å². The van der Waals surface area contributed by atoms with Crippen LogP contribution in [0.4, 0.5) is 11.6 Å². The maximum absolute atomic E-state index is 12.2. The van der Waals surface area contributed by atoms with Crippen LogP contribution >= 0.6 is 23.4 Å². The Balaban J connectivity index is 1.59. The van der Waals surface area contributed by atoms with Crippen molar-refractivity contribution in [2.75, 3.05) is 11.9 Å². The van der Waals surface area contributed by atoms with E-state index in [-0.39, 0.29) is 5.76 Å². The average Bonchev–Trinajstić information content (AvgIpc) is 3.20. The average molecular weight is 433 g/mol. The van der Waals surface area contributed by atoms with Crippen LogP contribution in [0.1, 0.15) is 10.6 Å². The summed E-state index contributed by atoms with van der Waals surface area (Å²) in [6.45, 7) is -0.576. The van der Waals surface area contributed by atoms with Gasteiger partial charge in [0.05, 0.1) is 11.8 Å². The second kappa shape index (κ2) is 9.26. The lowest BCUT2D eigenvalue weighted by atomic mass is 10.3. The van der Waals surface area contributed by atoms with Crippen molar-refractivity contribution in [2.45, 2.75) is 9.79 Å². The van der Waals surface area contributed by atoms with E-state index in [2.05, 4.69) is 5.32 Å². The molecule has 2 aromatic carbocycles. The second-order valence-electron chi connectivity index (χ2n) is 5.57. The van der Waals surface area contributed by atoms with Gasteiger partial charge in [0.2, 0.25) is 5.76 Å². The number of nitrogens with one attached hydrogen (secondary N) is 1. The van der Waals surface area contributed by atoms with Crippen LogP contribution in [0.5, 0.6) is 0 Å². The van der Waals surface area contributed by atoms with E-state index in [1.807, 2.05) is 24.3 Å². The third-order valence-corrected chi connectivity index (χ3v) is 4.85. The SMILES string of the molecule is O=C(COC(=O)c1ccc([N+](=O)[O-])o1)Nc1ccccc1Sc1ccc(Cl)cc1. The molecule has 10 heteroatoms. The number of benzene rings is 2. The van der Waals surface area contributed by atoms with Crippen LogP contribution in [0.15, 0.2) is 74.9 Å². The number of hydrogen-bond acceptors (Lipinski definition) is 7. The van der Waals surface area contributed by atoms with Gasteiger partial charge in [-0.25, -0.2) is 4.79 Å². The van der Waals surface area contributed by atoms with E-state index >= 15 is 0 Å². The standard InChI is InChI=1S/C19H13ClN2O6S/c20-12-5-7-13(8-6-12)29-16-4-2-1-3-14(16)21-17(23)11-27-19(24)15-9-10-18(28-15)22(25)26/h1-10H,11H2,(H,21,23). The number of esters is 1. The van der Waals surface area contributed by atoms with Crippen molar-refractivity contribution in [1.29, 1.82) is 0 Å². The highest BCUT2D eigenvalue weighted by molar-refractivity contribution is 7.99. The molecular formula is C19H13ClN2O6S. The monoisotopic (exact) mass is 432 g/mol. The molecule has 1 amide bonds. The Morgan fingerprint density at radius 1 is 1.10 bits per heavy atom. The minimum absolute atomic E-state index is 0.358. The van der Waals surface area contributed by atoms with Crippen LogP contribution in [0.2, 0.25) is 5.02 Å². The van der Waals surface area contributed by atoms with Crippen LogP contribution in [-0.4, -0.2) is 23.4 Å². The Hall–Kier alpha value is -3.30. The zero-order valence-corrected chi connectivity index (χ0v) is 16.2. The molecule has 0 saturated heterocycles. The van der Waals surface area contributed by atoms with Crippen molar-refractivity contribution in [3.63, 3.8) is 0 Å². The smallest absolute Gasteiger partial charge is 0.433 e. The largest absolute Gasteiger partial charge is 0.450 e. The molecule has 0 atom stereocenters. The topological polar surface area (TPSA) is 112 Å². The maximum atomic E-state index is 12.2. The molecule has 0 aliphatic carbocycles. The van der Waals surface area contributed by atoms with Gasteiger partial charge < -0.3 is 14.5 Å². The van der Waals surface area contributed by atoms with Gasteiger partial charge in [-0.15, -0.1) is 0 Å². The van der Waals surface area contributed by atoms with E-state index in [9.17, 15) is 19.7 Å². The minimum Gasteiger partial charge on any atom is -0.450 e. The molecule has 0 aliphatic heterocycles. The van der Waals surface area contributed by atoms with Crippen molar-refractivity contribution >= 4 is 46.8 Å². The summed E-state index contributed by atoms with van der Waals surface area (Å²) in [6.07, 6.45) is 0. The molecule has 0 bridgehead atoms. The van der Waals surface area contributed by atoms with Crippen molar-refractivity contribution in [1.82, 2.24) is 0 Å². The number of ether oxygens (including phenoxy) is 1. The number of nitrogens with zero attached hydrogens (tertiary/aromatic N) is 1. The molecule has 3 rings (SSSR count). The lowest BCUT2D eigenvalue weighted by Crippen LogP contribution is -2.21. The zero-order valence-electron chi connectivity index (χ0n) is 14.7. The summed E-state index contributed by atoms with van der Waals surface area (Å²) in [7, 11) is 0. The molecule has 0 radical (unpaired) electrons.